The highest BCUT2D eigenvalue weighted by atomic mass is 16.5. The summed E-state index contributed by atoms with van der Waals surface area (Å²) in [4.78, 5) is 2.10. The molecule has 0 saturated carbocycles. The van der Waals surface area contributed by atoms with Crippen molar-refractivity contribution < 1.29 is 9.84 Å². The zero-order valence-corrected chi connectivity index (χ0v) is 9.11. The third-order valence-corrected chi connectivity index (χ3v) is 2.46. The molecule has 3 heteroatoms. The van der Waals surface area contributed by atoms with Crippen molar-refractivity contribution in [3.63, 3.8) is 0 Å². The molecule has 14 heavy (non-hydrogen) atoms. The van der Waals surface area contributed by atoms with Crippen LogP contribution in [0, 0.1) is 0 Å². The van der Waals surface area contributed by atoms with Crippen molar-refractivity contribution in [2.45, 2.75) is 13.0 Å². The normalized spacial score (nSPS) is 12.9. The van der Waals surface area contributed by atoms with E-state index in [4.69, 9.17) is 4.74 Å². The predicted molar refractivity (Wildman–Crippen MR) is 56.8 cm³/mol. The maximum atomic E-state index is 9.42. The van der Waals surface area contributed by atoms with Crippen molar-refractivity contribution in [2.24, 2.45) is 0 Å². The van der Waals surface area contributed by atoms with Crippen LogP contribution in [0.2, 0.25) is 0 Å². The summed E-state index contributed by atoms with van der Waals surface area (Å²) in [5, 5.41) is 9.42. The number of phenols is 1. The van der Waals surface area contributed by atoms with Crippen LogP contribution in [0.4, 0.5) is 0 Å². The van der Waals surface area contributed by atoms with Crippen LogP contribution in [0.3, 0.4) is 0 Å². The molecule has 0 spiro atoms. The zero-order chi connectivity index (χ0) is 10.7. The number of nitrogens with zero attached hydrogens (tertiary/aromatic N) is 1. The summed E-state index contributed by atoms with van der Waals surface area (Å²) >= 11 is 0. The van der Waals surface area contributed by atoms with E-state index in [2.05, 4.69) is 11.8 Å². The van der Waals surface area contributed by atoms with Gasteiger partial charge in [0.05, 0.1) is 7.11 Å². The average Bonchev–Trinajstić information content (AvgIpc) is 2.17. The molecule has 1 N–H and O–H groups in total. The molecule has 0 bridgehead atoms. The number of hydrogen-bond acceptors (Lipinski definition) is 3. The SMILES string of the molecule is COc1cc(C(C)N(C)C)ccc1O. The monoisotopic (exact) mass is 195 g/mol. The number of phenolic OH excluding ortho intramolecular Hbond substituents is 1. The fraction of sp³-hybridized carbons (Fsp3) is 0.455. The smallest absolute Gasteiger partial charge is 0.160 e. The summed E-state index contributed by atoms with van der Waals surface area (Å²) in [6.07, 6.45) is 0. The minimum absolute atomic E-state index is 0.183. The van der Waals surface area contributed by atoms with Crippen LogP contribution < -0.4 is 4.74 Å². The van der Waals surface area contributed by atoms with E-state index >= 15 is 0 Å². The summed E-state index contributed by atoms with van der Waals surface area (Å²) in [7, 11) is 5.59. The third kappa shape index (κ3) is 2.17. The van der Waals surface area contributed by atoms with Gasteiger partial charge < -0.3 is 14.7 Å². The Labute approximate surface area is 84.9 Å². The van der Waals surface area contributed by atoms with Gasteiger partial charge in [-0.1, -0.05) is 6.07 Å². The number of methoxy groups -OCH3 is 1. The number of benzene rings is 1. The molecule has 1 aromatic carbocycles. The molecule has 0 radical (unpaired) electrons. The molecule has 0 aromatic heterocycles. The van der Waals surface area contributed by atoms with E-state index in [0.717, 1.165) is 5.56 Å². The molecule has 78 valence electrons. The summed E-state index contributed by atoms with van der Waals surface area (Å²) in [5.41, 5.74) is 1.13. The first-order chi connectivity index (χ1) is 6.56. The lowest BCUT2D eigenvalue weighted by Gasteiger charge is -2.20. The van der Waals surface area contributed by atoms with E-state index in [0.29, 0.717) is 11.8 Å². The fourth-order valence-electron chi connectivity index (χ4n) is 1.25. The Hall–Kier alpha value is -1.22. The van der Waals surface area contributed by atoms with E-state index in [9.17, 15) is 5.11 Å². The van der Waals surface area contributed by atoms with Crippen molar-refractivity contribution in [2.75, 3.05) is 21.2 Å². The lowest BCUT2D eigenvalue weighted by atomic mass is 10.1. The average molecular weight is 195 g/mol. The Kier molecular flexibility index (Phi) is 3.36. The second-order valence-electron chi connectivity index (χ2n) is 3.57. The van der Waals surface area contributed by atoms with Crippen molar-refractivity contribution in [3.05, 3.63) is 23.8 Å². The van der Waals surface area contributed by atoms with E-state index in [1.807, 2.05) is 26.2 Å². The molecule has 0 heterocycles. The molecule has 0 saturated heterocycles. The zero-order valence-electron chi connectivity index (χ0n) is 9.11. The molecule has 1 aromatic rings. The first-order valence-electron chi connectivity index (χ1n) is 4.59. The molecule has 0 amide bonds. The summed E-state index contributed by atoms with van der Waals surface area (Å²) in [5.74, 6) is 0.707. The fourth-order valence-corrected chi connectivity index (χ4v) is 1.25. The molecule has 3 nitrogen and oxygen atoms in total. The van der Waals surface area contributed by atoms with E-state index < -0.39 is 0 Å². The standard InChI is InChI=1S/C11H17NO2/c1-8(12(2)3)9-5-6-10(13)11(7-9)14-4/h5-8,13H,1-4H3. The maximum Gasteiger partial charge on any atom is 0.160 e. The molecular formula is C11H17NO2. The van der Waals surface area contributed by atoms with Gasteiger partial charge in [0.15, 0.2) is 11.5 Å². The number of ether oxygens (including phenoxy) is 1. The van der Waals surface area contributed by atoms with Gasteiger partial charge in [-0.3, -0.25) is 0 Å². The van der Waals surface area contributed by atoms with Gasteiger partial charge >= 0.3 is 0 Å². The molecule has 0 aliphatic rings. The summed E-state index contributed by atoms with van der Waals surface area (Å²) in [6.45, 7) is 2.10. The molecule has 1 atom stereocenters. The van der Waals surface area contributed by atoms with Gasteiger partial charge in [0.25, 0.3) is 0 Å². The maximum absolute atomic E-state index is 9.42. The van der Waals surface area contributed by atoms with Gasteiger partial charge in [-0.2, -0.15) is 0 Å². The Balaban J connectivity index is 3.00. The van der Waals surface area contributed by atoms with Gasteiger partial charge in [0.2, 0.25) is 0 Å². The lowest BCUT2D eigenvalue weighted by molar-refractivity contribution is 0.318. The molecule has 0 aliphatic carbocycles. The Morgan fingerprint density at radius 2 is 2.00 bits per heavy atom. The Morgan fingerprint density at radius 3 is 2.50 bits per heavy atom. The molecule has 1 unspecified atom stereocenters. The van der Waals surface area contributed by atoms with Crippen molar-refractivity contribution in [1.82, 2.24) is 4.90 Å². The largest absolute Gasteiger partial charge is 0.504 e. The van der Waals surface area contributed by atoms with Crippen LogP contribution >= 0.6 is 0 Å². The summed E-state index contributed by atoms with van der Waals surface area (Å²) in [6, 6.07) is 5.74. The van der Waals surface area contributed by atoms with Crippen molar-refractivity contribution in [1.29, 1.82) is 0 Å². The van der Waals surface area contributed by atoms with Gasteiger partial charge in [0, 0.05) is 6.04 Å². The number of aromatic hydroxyl groups is 1. The van der Waals surface area contributed by atoms with E-state index in [1.165, 1.54) is 0 Å². The molecule has 0 fully saturated rings. The Morgan fingerprint density at radius 1 is 1.36 bits per heavy atom. The highest BCUT2D eigenvalue weighted by Gasteiger charge is 2.10. The second-order valence-corrected chi connectivity index (χ2v) is 3.57. The quantitative estimate of drug-likeness (QED) is 0.801. The minimum Gasteiger partial charge on any atom is -0.504 e. The van der Waals surface area contributed by atoms with Crippen molar-refractivity contribution >= 4 is 0 Å². The van der Waals surface area contributed by atoms with Crippen LogP contribution in [0.25, 0.3) is 0 Å². The van der Waals surface area contributed by atoms with Crippen molar-refractivity contribution in [3.8, 4) is 11.5 Å². The number of rotatable bonds is 3. The van der Waals surface area contributed by atoms with Gasteiger partial charge in [0.1, 0.15) is 0 Å². The van der Waals surface area contributed by atoms with Crippen LogP contribution in [0.5, 0.6) is 11.5 Å². The minimum atomic E-state index is 0.183. The van der Waals surface area contributed by atoms with E-state index in [1.54, 1.807) is 13.2 Å². The molecule has 0 aliphatic heterocycles. The van der Waals surface area contributed by atoms with E-state index in [-0.39, 0.29) is 5.75 Å². The number of hydrogen-bond donors (Lipinski definition) is 1. The molecular weight excluding hydrogens is 178 g/mol. The lowest BCUT2D eigenvalue weighted by Crippen LogP contribution is -2.16. The first kappa shape index (κ1) is 10.9. The van der Waals surface area contributed by atoms with Crippen LogP contribution in [-0.2, 0) is 0 Å². The van der Waals surface area contributed by atoms with Gasteiger partial charge in [-0.25, -0.2) is 0 Å². The first-order valence-corrected chi connectivity index (χ1v) is 4.59. The van der Waals surface area contributed by atoms with Crippen LogP contribution in [0.15, 0.2) is 18.2 Å². The second kappa shape index (κ2) is 4.33. The molecule has 1 rings (SSSR count). The summed E-state index contributed by atoms with van der Waals surface area (Å²) < 4.78 is 5.05. The topological polar surface area (TPSA) is 32.7 Å². The van der Waals surface area contributed by atoms with Gasteiger partial charge in [-0.05, 0) is 38.7 Å². The third-order valence-electron chi connectivity index (χ3n) is 2.46. The van der Waals surface area contributed by atoms with Gasteiger partial charge in [-0.15, -0.1) is 0 Å². The highest BCUT2D eigenvalue weighted by Crippen LogP contribution is 2.29. The predicted octanol–water partition coefficient (Wildman–Crippen LogP) is 2.02. The highest BCUT2D eigenvalue weighted by molar-refractivity contribution is 5.42. The van der Waals surface area contributed by atoms with Crippen LogP contribution in [-0.4, -0.2) is 31.2 Å². The van der Waals surface area contributed by atoms with Crippen LogP contribution in [0.1, 0.15) is 18.5 Å². The Bertz CT molecular complexity index is 310.